The van der Waals surface area contributed by atoms with Crippen molar-refractivity contribution < 1.29 is 9.59 Å². The molecule has 1 N–H and O–H groups in total. The summed E-state index contributed by atoms with van der Waals surface area (Å²) in [5, 5.41) is 13.4. The molecule has 3 aromatic carbocycles. The maximum atomic E-state index is 12.7. The van der Waals surface area contributed by atoms with Crippen molar-refractivity contribution in [2.45, 2.75) is 0 Å². The van der Waals surface area contributed by atoms with Crippen molar-refractivity contribution in [3.8, 4) is 6.07 Å². The molecular formula is C20H13N3O2. The van der Waals surface area contributed by atoms with Crippen molar-refractivity contribution in [1.29, 1.82) is 5.26 Å². The summed E-state index contributed by atoms with van der Waals surface area (Å²) in [5.74, 6) is -0.454. The third-order valence-corrected chi connectivity index (χ3v) is 4.25. The normalized spacial score (nSPS) is 12.3. The smallest absolute Gasteiger partial charge is 0.259 e. The molecule has 0 aliphatic carbocycles. The molecule has 0 radical (unpaired) electrons. The Hall–Kier alpha value is -3.65. The quantitative estimate of drug-likeness (QED) is 0.802. The van der Waals surface area contributed by atoms with Gasteiger partial charge in [0.25, 0.3) is 5.91 Å². The number of benzene rings is 3. The minimum atomic E-state index is -0.289. The maximum Gasteiger partial charge on any atom is 0.259 e. The average molecular weight is 327 g/mol. The highest BCUT2D eigenvalue weighted by molar-refractivity contribution is 6.26. The third-order valence-electron chi connectivity index (χ3n) is 4.25. The summed E-state index contributed by atoms with van der Waals surface area (Å²) < 4.78 is 0. The molecule has 3 aromatic rings. The Morgan fingerprint density at radius 3 is 2.48 bits per heavy atom. The number of hydrogen-bond acceptors (Lipinski definition) is 3. The molecule has 0 spiro atoms. The molecule has 0 aromatic heterocycles. The fourth-order valence-electron chi connectivity index (χ4n) is 3.11. The molecule has 120 valence electrons. The van der Waals surface area contributed by atoms with Crippen LogP contribution in [0.1, 0.15) is 15.9 Å². The first-order valence-corrected chi connectivity index (χ1v) is 7.81. The lowest BCUT2D eigenvalue weighted by Gasteiger charge is -2.17. The highest BCUT2D eigenvalue weighted by atomic mass is 16.2. The molecule has 4 rings (SSSR count). The van der Waals surface area contributed by atoms with Crippen LogP contribution in [-0.4, -0.2) is 18.4 Å². The van der Waals surface area contributed by atoms with Crippen LogP contribution >= 0.6 is 0 Å². The van der Waals surface area contributed by atoms with Crippen LogP contribution in [0, 0.1) is 11.3 Å². The Labute approximate surface area is 144 Å². The van der Waals surface area contributed by atoms with Gasteiger partial charge in [-0.15, -0.1) is 0 Å². The van der Waals surface area contributed by atoms with E-state index in [1.54, 1.807) is 30.3 Å². The van der Waals surface area contributed by atoms with Gasteiger partial charge in [-0.25, -0.2) is 0 Å². The van der Waals surface area contributed by atoms with E-state index in [0.717, 1.165) is 16.5 Å². The van der Waals surface area contributed by atoms with Crippen molar-refractivity contribution in [3.63, 3.8) is 0 Å². The number of carbonyl (C=O) groups excluding carboxylic acids is 2. The van der Waals surface area contributed by atoms with Crippen LogP contribution in [0.4, 0.5) is 11.4 Å². The molecule has 0 unspecified atom stereocenters. The first kappa shape index (κ1) is 14.9. The molecule has 1 aliphatic heterocycles. The van der Waals surface area contributed by atoms with E-state index in [9.17, 15) is 9.59 Å². The molecule has 0 saturated heterocycles. The van der Waals surface area contributed by atoms with Crippen molar-refractivity contribution in [2.75, 3.05) is 16.8 Å². The van der Waals surface area contributed by atoms with Crippen LogP contribution in [0.15, 0.2) is 60.7 Å². The predicted octanol–water partition coefficient (Wildman–Crippen LogP) is 3.31. The molecule has 25 heavy (non-hydrogen) atoms. The summed E-state index contributed by atoms with van der Waals surface area (Å²) in [5.41, 5.74) is 2.49. The number of hydrogen-bond donors (Lipinski definition) is 1. The van der Waals surface area contributed by atoms with Gasteiger partial charge >= 0.3 is 0 Å². The third kappa shape index (κ3) is 2.50. The van der Waals surface area contributed by atoms with Crippen LogP contribution in [0.5, 0.6) is 0 Å². The van der Waals surface area contributed by atoms with Gasteiger partial charge in [0, 0.05) is 16.6 Å². The fraction of sp³-hybridized carbons (Fsp3) is 0.0500. The zero-order valence-electron chi connectivity index (χ0n) is 13.2. The number of amides is 2. The van der Waals surface area contributed by atoms with E-state index in [2.05, 4.69) is 5.32 Å². The largest absolute Gasteiger partial charge is 0.325 e. The van der Waals surface area contributed by atoms with Gasteiger partial charge < -0.3 is 5.32 Å². The van der Waals surface area contributed by atoms with Crippen molar-refractivity contribution in [2.24, 2.45) is 0 Å². The lowest BCUT2D eigenvalue weighted by atomic mass is 10.1. The number of nitrogens with zero attached hydrogens (tertiary/aromatic N) is 2. The van der Waals surface area contributed by atoms with Crippen LogP contribution in [0.2, 0.25) is 0 Å². The molecule has 1 aliphatic rings. The number of nitrogens with one attached hydrogen (secondary N) is 1. The fourth-order valence-corrected chi connectivity index (χ4v) is 3.11. The maximum absolute atomic E-state index is 12.7. The molecular weight excluding hydrogens is 314 g/mol. The van der Waals surface area contributed by atoms with Gasteiger partial charge in [0.05, 0.1) is 17.3 Å². The van der Waals surface area contributed by atoms with Crippen molar-refractivity contribution >= 4 is 34.0 Å². The number of rotatable bonds is 3. The summed E-state index contributed by atoms with van der Waals surface area (Å²) >= 11 is 0. The second-order valence-electron chi connectivity index (χ2n) is 5.81. The molecule has 2 amide bonds. The van der Waals surface area contributed by atoms with Gasteiger partial charge in [-0.1, -0.05) is 24.3 Å². The minimum Gasteiger partial charge on any atom is -0.325 e. The second-order valence-corrected chi connectivity index (χ2v) is 5.81. The molecule has 0 atom stereocenters. The van der Waals surface area contributed by atoms with Crippen LogP contribution in [0.3, 0.4) is 0 Å². The summed E-state index contributed by atoms with van der Waals surface area (Å²) in [6, 6.07) is 19.9. The summed E-state index contributed by atoms with van der Waals surface area (Å²) in [7, 11) is 0. The van der Waals surface area contributed by atoms with E-state index in [-0.39, 0.29) is 18.4 Å². The molecule has 0 saturated carbocycles. The second kappa shape index (κ2) is 5.77. The van der Waals surface area contributed by atoms with Gasteiger partial charge in [-0.3, -0.25) is 14.5 Å². The number of nitriles is 1. The first-order valence-electron chi connectivity index (χ1n) is 7.81. The summed E-state index contributed by atoms with van der Waals surface area (Å²) in [4.78, 5) is 26.5. The molecule has 0 fully saturated rings. The highest BCUT2D eigenvalue weighted by Crippen LogP contribution is 2.36. The van der Waals surface area contributed by atoms with Gasteiger partial charge in [-0.05, 0) is 41.8 Å². The van der Waals surface area contributed by atoms with Crippen molar-refractivity contribution in [1.82, 2.24) is 0 Å². The average Bonchev–Trinajstić information content (AvgIpc) is 2.90. The van der Waals surface area contributed by atoms with Crippen LogP contribution in [0.25, 0.3) is 10.8 Å². The molecule has 1 heterocycles. The Morgan fingerprint density at radius 1 is 1.04 bits per heavy atom. The monoisotopic (exact) mass is 327 g/mol. The summed E-state index contributed by atoms with van der Waals surface area (Å²) in [6.45, 7) is -0.0629. The van der Waals surface area contributed by atoms with E-state index >= 15 is 0 Å². The van der Waals surface area contributed by atoms with Crippen LogP contribution in [-0.2, 0) is 4.79 Å². The van der Waals surface area contributed by atoms with Gasteiger partial charge in [0.2, 0.25) is 5.91 Å². The Morgan fingerprint density at radius 2 is 1.76 bits per heavy atom. The lowest BCUT2D eigenvalue weighted by Crippen LogP contribution is -2.35. The zero-order valence-corrected chi connectivity index (χ0v) is 13.2. The standard InChI is InChI=1S/C20H13N3O2/c21-11-13-7-9-15(10-8-13)22-18(24)12-23-17-6-2-4-14-3-1-5-16(19(14)17)20(23)25/h1-10H,12H2,(H,22,24). The Bertz CT molecular complexity index is 1040. The first-order chi connectivity index (χ1) is 12.2. The van der Waals surface area contributed by atoms with E-state index < -0.39 is 0 Å². The lowest BCUT2D eigenvalue weighted by molar-refractivity contribution is -0.114. The molecule has 5 nitrogen and oxygen atoms in total. The Balaban J connectivity index is 1.57. The van der Waals surface area contributed by atoms with E-state index in [1.165, 1.54) is 4.90 Å². The van der Waals surface area contributed by atoms with Crippen molar-refractivity contribution in [3.05, 3.63) is 71.8 Å². The van der Waals surface area contributed by atoms with Crippen LogP contribution < -0.4 is 10.2 Å². The van der Waals surface area contributed by atoms with E-state index in [1.807, 2.05) is 36.4 Å². The number of anilines is 2. The molecule has 0 bridgehead atoms. The van der Waals surface area contributed by atoms with E-state index in [0.29, 0.717) is 16.8 Å². The minimum absolute atomic E-state index is 0.0629. The summed E-state index contributed by atoms with van der Waals surface area (Å²) in [6.07, 6.45) is 0. The zero-order chi connectivity index (χ0) is 17.4. The Kier molecular flexibility index (Phi) is 3.44. The van der Waals surface area contributed by atoms with Gasteiger partial charge in [0.1, 0.15) is 6.54 Å². The topological polar surface area (TPSA) is 73.2 Å². The number of carbonyl (C=O) groups is 2. The van der Waals surface area contributed by atoms with Gasteiger partial charge in [0.15, 0.2) is 0 Å². The highest BCUT2D eigenvalue weighted by Gasteiger charge is 2.30. The van der Waals surface area contributed by atoms with Gasteiger partial charge in [-0.2, -0.15) is 5.26 Å². The van der Waals surface area contributed by atoms with E-state index in [4.69, 9.17) is 5.26 Å². The predicted molar refractivity (Wildman–Crippen MR) is 95.4 cm³/mol. The molecule has 5 heteroatoms. The SMILES string of the molecule is N#Cc1ccc(NC(=O)CN2C(=O)c3cccc4cccc2c34)cc1.